The molecule has 0 saturated carbocycles. The van der Waals surface area contributed by atoms with Crippen LogP contribution in [0.2, 0.25) is 5.02 Å². The van der Waals surface area contributed by atoms with Gasteiger partial charge in [-0.05, 0) is 36.3 Å². The van der Waals surface area contributed by atoms with Gasteiger partial charge < -0.3 is 9.30 Å². The minimum Gasteiger partial charge on any atom is -0.468 e. The number of rotatable bonds is 4. The first-order valence-corrected chi connectivity index (χ1v) is 9.36. The number of benzene rings is 2. The van der Waals surface area contributed by atoms with Gasteiger partial charge in [-0.25, -0.2) is 0 Å². The lowest BCUT2D eigenvalue weighted by Crippen LogP contribution is -2.22. The monoisotopic (exact) mass is 400 g/mol. The van der Waals surface area contributed by atoms with Crippen LogP contribution in [0.3, 0.4) is 0 Å². The van der Waals surface area contributed by atoms with Crippen molar-refractivity contribution in [2.75, 3.05) is 7.11 Å². The molecule has 27 heavy (non-hydrogen) atoms. The molecule has 0 fully saturated rings. The molecule has 5 nitrogen and oxygen atoms in total. The SMILES string of the molecule is COC(=O)Cn1c(=NC(=O)/C=C/c2ccccc2)sc2ccc(Cl)c(C)c21. The zero-order chi connectivity index (χ0) is 19.4. The fourth-order valence-electron chi connectivity index (χ4n) is 2.60. The highest BCUT2D eigenvalue weighted by molar-refractivity contribution is 7.16. The van der Waals surface area contributed by atoms with Crippen molar-refractivity contribution >= 4 is 51.1 Å². The van der Waals surface area contributed by atoms with Gasteiger partial charge in [0.15, 0.2) is 4.80 Å². The Labute approximate surface area is 165 Å². The number of hydrogen-bond donors (Lipinski definition) is 0. The number of methoxy groups -OCH3 is 1. The summed E-state index contributed by atoms with van der Waals surface area (Å²) in [6, 6.07) is 13.1. The van der Waals surface area contributed by atoms with Crippen molar-refractivity contribution in [2.45, 2.75) is 13.5 Å². The normalized spacial score (nSPS) is 12.0. The number of carbonyl (C=O) groups is 2. The highest BCUT2D eigenvalue weighted by atomic mass is 35.5. The molecule has 0 aliphatic rings. The molecule has 3 rings (SSSR count). The molecule has 0 saturated heterocycles. The van der Waals surface area contributed by atoms with Gasteiger partial charge in [0.25, 0.3) is 5.91 Å². The van der Waals surface area contributed by atoms with Crippen molar-refractivity contribution in [1.29, 1.82) is 0 Å². The number of amides is 1. The first kappa shape index (κ1) is 19.1. The maximum atomic E-state index is 12.3. The molecule has 0 bridgehead atoms. The largest absolute Gasteiger partial charge is 0.468 e. The van der Waals surface area contributed by atoms with Crippen molar-refractivity contribution in [3.8, 4) is 0 Å². The molecule has 7 heteroatoms. The summed E-state index contributed by atoms with van der Waals surface area (Å²) in [4.78, 5) is 28.8. The zero-order valence-electron chi connectivity index (χ0n) is 14.8. The molecular weight excluding hydrogens is 384 g/mol. The number of carbonyl (C=O) groups excluding carboxylic acids is 2. The summed E-state index contributed by atoms with van der Waals surface area (Å²) in [6.07, 6.45) is 3.11. The quantitative estimate of drug-likeness (QED) is 0.491. The van der Waals surface area contributed by atoms with Gasteiger partial charge in [-0.2, -0.15) is 4.99 Å². The number of fused-ring (bicyclic) bond motifs is 1. The Morgan fingerprint density at radius 1 is 1.22 bits per heavy atom. The van der Waals surface area contributed by atoms with Gasteiger partial charge in [0, 0.05) is 11.1 Å². The van der Waals surface area contributed by atoms with Crippen molar-refractivity contribution in [3.63, 3.8) is 0 Å². The highest BCUT2D eigenvalue weighted by Crippen LogP contribution is 2.27. The molecule has 0 unspecified atom stereocenters. The molecule has 0 aliphatic heterocycles. The van der Waals surface area contributed by atoms with Gasteiger partial charge in [0.1, 0.15) is 6.54 Å². The van der Waals surface area contributed by atoms with Gasteiger partial charge in [-0.1, -0.05) is 53.3 Å². The molecule has 138 valence electrons. The van der Waals surface area contributed by atoms with Crippen LogP contribution in [0, 0.1) is 6.92 Å². The molecule has 1 aromatic heterocycles. The summed E-state index contributed by atoms with van der Waals surface area (Å²) in [5.74, 6) is -0.837. The summed E-state index contributed by atoms with van der Waals surface area (Å²) in [7, 11) is 1.32. The predicted octanol–water partition coefficient (Wildman–Crippen LogP) is 3.98. The second-order valence-corrected chi connectivity index (χ2v) is 7.18. The molecule has 0 atom stereocenters. The summed E-state index contributed by atoms with van der Waals surface area (Å²) in [5, 5.41) is 0.584. The number of esters is 1. The van der Waals surface area contributed by atoms with E-state index in [0.717, 1.165) is 21.3 Å². The van der Waals surface area contributed by atoms with Crippen LogP contribution in [0.5, 0.6) is 0 Å². The zero-order valence-corrected chi connectivity index (χ0v) is 16.4. The molecule has 0 radical (unpaired) electrons. The Morgan fingerprint density at radius 3 is 2.67 bits per heavy atom. The maximum Gasteiger partial charge on any atom is 0.325 e. The number of halogens is 1. The number of aryl methyl sites for hydroxylation is 1. The van der Waals surface area contributed by atoms with E-state index in [-0.39, 0.29) is 6.54 Å². The summed E-state index contributed by atoms with van der Waals surface area (Å²) >= 11 is 7.55. The van der Waals surface area contributed by atoms with E-state index in [1.165, 1.54) is 24.5 Å². The minimum absolute atomic E-state index is 0.0494. The highest BCUT2D eigenvalue weighted by Gasteiger charge is 2.14. The average molecular weight is 401 g/mol. The fourth-order valence-corrected chi connectivity index (χ4v) is 3.85. The lowest BCUT2D eigenvalue weighted by atomic mass is 10.2. The van der Waals surface area contributed by atoms with Crippen molar-refractivity contribution in [1.82, 2.24) is 4.57 Å². The smallest absolute Gasteiger partial charge is 0.325 e. The molecule has 0 N–H and O–H groups in total. The van der Waals surface area contributed by atoms with Crippen LogP contribution in [-0.4, -0.2) is 23.6 Å². The van der Waals surface area contributed by atoms with Gasteiger partial charge >= 0.3 is 5.97 Å². The molecule has 0 aliphatic carbocycles. The molecule has 2 aromatic carbocycles. The summed E-state index contributed by atoms with van der Waals surface area (Å²) in [5.41, 5.74) is 2.50. The standard InChI is InChI=1S/C20H17ClN2O3S/c1-13-15(21)9-10-16-19(13)23(12-18(25)26-2)20(27-16)22-17(24)11-8-14-6-4-3-5-7-14/h3-11H,12H2,1-2H3/b11-8+,22-20?. The Morgan fingerprint density at radius 2 is 1.96 bits per heavy atom. The van der Waals surface area contributed by atoms with Crippen LogP contribution in [0.4, 0.5) is 0 Å². The van der Waals surface area contributed by atoms with E-state index in [1.54, 1.807) is 16.7 Å². The van der Waals surface area contributed by atoms with E-state index >= 15 is 0 Å². The van der Waals surface area contributed by atoms with E-state index in [1.807, 2.05) is 43.3 Å². The Hall–Kier alpha value is -2.70. The van der Waals surface area contributed by atoms with E-state index in [4.69, 9.17) is 16.3 Å². The van der Waals surface area contributed by atoms with Crippen LogP contribution in [0.25, 0.3) is 16.3 Å². The number of aromatic nitrogens is 1. The third-order valence-corrected chi connectivity index (χ3v) is 5.42. The lowest BCUT2D eigenvalue weighted by molar-refractivity contribution is -0.141. The minimum atomic E-state index is -0.428. The Bertz CT molecular complexity index is 1100. The third-order valence-electron chi connectivity index (χ3n) is 3.97. The van der Waals surface area contributed by atoms with Gasteiger partial charge in [0.2, 0.25) is 0 Å². The van der Waals surface area contributed by atoms with Gasteiger partial charge in [0.05, 0.1) is 17.3 Å². The predicted molar refractivity (Wildman–Crippen MR) is 108 cm³/mol. The Balaban J connectivity index is 2.06. The molecule has 1 heterocycles. The second-order valence-electron chi connectivity index (χ2n) is 5.76. The molecule has 1 amide bonds. The van der Waals surface area contributed by atoms with Crippen molar-refractivity contribution < 1.29 is 14.3 Å². The maximum absolute atomic E-state index is 12.3. The number of hydrogen-bond acceptors (Lipinski definition) is 4. The number of ether oxygens (including phenoxy) is 1. The Kier molecular flexibility index (Phi) is 5.88. The van der Waals surface area contributed by atoms with E-state index in [0.29, 0.717) is 9.82 Å². The molecular formula is C20H17ClN2O3S. The van der Waals surface area contributed by atoms with E-state index < -0.39 is 11.9 Å². The number of thiazole rings is 1. The first-order valence-electron chi connectivity index (χ1n) is 8.16. The second kappa shape index (κ2) is 8.33. The van der Waals surface area contributed by atoms with Crippen molar-refractivity contribution in [3.05, 3.63) is 69.5 Å². The van der Waals surface area contributed by atoms with Crippen LogP contribution >= 0.6 is 22.9 Å². The lowest BCUT2D eigenvalue weighted by Gasteiger charge is -2.06. The molecule has 3 aromatic rings. The van der Waals surface area contributed by atoms with Crippen LogP contribution in [0.15, 0.2) is 53.5 Å². The van der Waals surface area contributed by atoms with Crippen LogP contribution < -0.4 is 4.80 Å². The first-order chi connectivity index (χ1) is 13.0. The average Bonchev–Trinajstić information content (AvgIpc) is 3.01. The van der Waals surface area contributed by atoms with Gasteiger partial charge in [-0.3, -0.25) is 9.59 Å². The fraction of sp³-hybridized carbons (Fsp3) is 0.150. The van der Waals surface area contributed by atoms with Gasteiger partial charge in [-0.15, -0.1) is 0 Å². The summed E-state index contributed by atoms with van der Waals surface area (Å²) in [6.45, 7) is 1.82. The van der Waals surface area contributed by atoms with Crippen LogP contribution in [0.1, 0.15) is 11.1 Å². The van der Waals surface area contributed by atoms with Crippen molar-refractivity contribution in [2.24, 2.45) is 4.99 Å². The van der Waals surface area contributed by atoms with E-state index in [9.17, 15) is 9.59 Å². The molecule has 0 spiro atoms. The summed E-state index contributed by atoms with van der Waals surface area (Å²) < 4.78 is 7.34. The van der Waals surface area contributed by atoms with E-state index in [2.05, 4.69) is 4.99 Å². The topological polar surface area (TPSA) is 60.7 Å². The van der Waals surface area contributed by atoms with Crippen LogP contribution in [-0.2, 0) is 20.9 Å². The number of nitrogens with zero attached hydrogens (tertiary/aromatic N) is 2. The third kappa shape index (κ3) is 4.35.